The number of carboxylic acids is 1. The fourth-order valence-corrected chi connectivity index (χ4v) is 1.11. The molecule has 0 radical (unpaired) electrons. The summed E-state index contributed by atoms with van der Waals surface area (Å²) in [6.45, 7) is 6.15. The highest BCUT2D eigenvalue weighted by Crippen LogP contribution is 1.95. The average molecular weight is 229 g/mol. The van der Waals surface area contributed by atoms with Crippen molar-refractivity contribution in [2.24, 2.45) is 0 Å². The minimum Gasteiger partial charge on any atom is -0.480 e. The molecule has 0 aromatic rings. The van der Waals surface area contributed by atoms with Crippen molar-refractivity contribution in [1.29, 1.82) is 0 Å². The van der Waals surface area contributed by atoms with E-state index >= 15 is 0 Å². The minimum atomic E-state index is -1.00. The normalized spacial score (nSPS) is 11.8. The molecule has 5 heteroatoms. The summed E-state index contributed by atoms with van der Waals surface area (Å²) < 4.78 is 5.10. The van der Waals surface area contributed by atoms with E-state index in [9.17, 15) is 9.59 Å². The van der Waals surface area contributed by atoms with E-state index in [0.29, 0.717) is 26.1 Å². The van der Waals surface area contributed by atoms with E-state index in [1.54, 1.807) is 13.0 Å². The van der Waals surface area contributed by atoms with Crippen molar-refractivity contribution in [3.8, 4) is 0 Å². The van der Waals surface area contributed by atoms with Crippen LogP contribution in [0.3, 0.4) is 0 Å². The number of nitrogens with one attached hydrogen (secondary N) is 1. The molecule has 0 spiro atoms. The maximum absolute atomic E-state index is 11.3. The number of carboxylic acid groups (broad SMARTS) is 1. The SMILES string of the molecule is C=CCOCCCC(=O)NC(CC)C(=O)O. The van der Waals surface area contributed by atoms with Gasteiger partial charge in [-0.3, -0.25) is 4.79 Å². The molecule has 0 aromatic carbocycles. The summed E-state index contributed by atoms with van der Waals surface area (Å²) in [6, 6.07) is -0.790. The topological polar surface area (TPSA) is 75.6 Å². The van der Waals surface area contributed by atoms with Gasteiger partial charge in [-0.15, -0.1) is 6.58 Å². The van der Waals surface area contributed by atoms with Gasteiger partial charge in [-0.2, -0.15) is 0 Å². The van der Waals surface area contributed by atoms with Crippen molar-refractivity contribution in [2.75, 3.05) is 13.2 Å². The monoisotopic (exact) mass is 229 g/mol. The fourth-order valence-electron chi connectivity index (χ4n) is 1.11. The van der Waals surface area contributed by atoms with Gasteiger partial charge in [0.05, 0.1) is 6.61 Å². The van der Waals surface area contributed by atoms with Crippen molar-refractivity contribution < 1.29 is 19.4 Å². The Balaban J connectivity index is 3.64. The van der Waals surface area contributed by atoms with Crippen LogP contribution in [0.4, 0.5) is 0 Å². The smallest absolute Gasteiger partial charge is 0.326 e. The first-order valence-electron chi connectivity index (χ1n) is 5.32. The zero-order chi connectivity index (χ0) is 12.4. The Bertz CT molecular complexity index is 240. The molecule has 0 aliphatic rings. The summed E-state index contributed by atoms with van der Waals surface area (Å²) in [7, 11) is 0. The van der Waals surface area contributed by atoms with Crippen LogP contribution in [-0.4, -0.2) is 36.2 Å². The lowest BCUT2D eigenvalue weighted by Gasteiger charge is -2.11. The van der Waals surface area contributed by atoms with Gasteiger partial charge in [0.25, 0.3) is 0 Å². The molecular weight excluding hydrogens is 210 g/mol. The third-order valence-electron chi connectivity index (χ3n) is 1.97. The van der Waals surface area contributed by atoms with Crippen LogP contribution in [0.15, 0.2) is 12.7 Å². The van der Waals surface area contributed by atoms with Crippen LogP contribution in [0.2, 0.25) is 0 Å². The van der Waals surface area contributed by atoms with Gasteiger partial charge >= 0.3 is 5.97 Å². The van der Waals surface area contributed by atoms with Crippen LogP contribution in [-0.2, 0) is 14.3 Å². The molecule has 0 aromatic heterocycles. The standard InChI is InChI=1S/C11H19NO4/c1-3-7-16-8-5-6-10(13)12-9(4-2)11(14)15/h3,9H,1,4-8H2,2H3,(H,12,13)(H,14,15). The number of amides is 1. The van der Waals surface area contributed by atoms with Crippen LogP contribution in [0, 0.1) is 0 Å². The molecule has 1 amide bonds. The predicted molar refractivity (Wildman–Crippen MR) is 60.1 cm³/mol. The molecule has 0 bridgehead atoms. The highest BCUT2D eigenvalue weighted by molar-refractivity contribution is 5.83. The number of aliphatic carboxylic acids is 1. The molecule has 0 saturated heterocycles. The number of hydrogen-bond donors (Lipinski definition) is 2. The molecule has 0 fully saturated rings. The van der Waals surface area contributed by atoms with Gasteiger partial charge in [0.1, 0.15) is 6.04 Å². The molecule has 5 nitrogen and oxygen atoms in total. The molecular formula is C11H19NO4. The Labute approximate surface area is 95.5 Å². The third-order valence-corrected chi connectivity index (χ3v) is 1.97. The molecule has 92 valence electrons. The summed E-state index contributed by atoms with van der Waals surface area (Å²) in [5.41, 5.74) is 0. The van der Waals surface area contributed by atoms with Crippen LogP contribution in [0.25, 0.3) is 0 Å². The molecule has 0 saturated carbocycles. The van der Waals surface area contributed by atoms with E-state index < -0.39 is 12.0 Å². The zero-order valence-electron chi connectivity index (χ0n) is 9.57. The average Bonchev–Trinajstić information content (AvgIpc) is 2.25. The summed E-state index contributed by atoms with van der Waals surface area (Å²) in [6.07, 6.45) is 2.88. The lowest BCUT2D eigenvalue weighted by atomic mass is 10.2. The zero-order valence-corrected chi connectivity index (χ0v) is 9.57. The Morgan fingerprint density at radius 3 is 2.75 bits per heavy atom. The predicted octanol–water partition coefficient (Wildman–Crippen LogP) is 0.949. The fraction of sp³-hybridized carbons (Fsp3) is 0.636. The van der Waals surface area contributed by atoms with Crippen LogP contribution >= 0.6 is 0 Å². The summed E-state index contributed by atoms with van der Waals surface area (Å²) in [5, 5.41) is 11.2. The van der Waals surface area contributed by atoms with E-state index in [2.05, 4.69) is 11.9 Å². The Kier molecular flexibility index (Phi) is 8.15. The maximum atomic E-state index is 11.3. The van der Waals surface area contributed by atoms with Crippen molar-refractivity contribution in [3.05, 3.63) is 12.7 Å². The van der Waals surface area contributed by atoms with E-state index in [1.807, 2.05) is 0 Å². The lowest BCUT2D eigenvalue weighted by Crippen LogP contribution is -2.40. The highest BCUT2D eigenvalue weighted by atomic mass is 16.5. The molecule has 0 heterocycles. The Morgan fingerprint density at radius 1 is 1.56 bits per heavy atom. The van der Waals surface area contributed by atoms with E-state index in [-0.39, 0.29) is 12.3 Å². The summed E-state index contributed by atoms with van der Waals surface area (Å²) in [5.74, 6) is -1.25. The number of carbonyl (C=O) groups is 2. The molecule has 2 N–H and O–H groups in total. The van der Waals surface area contributed by atoms with Gasteiger partial charge in [0.2, 0.25) is 5.91 Å². The van der Waals surface area contributed by atoms with Crippen molar-refractivity contribution >= 4 is 11.9 Å². The summed E-state index contributed by atoms with van der Waals surface area (Å²) >= 11 is 0. The van der Waals surface area contributed by atoms with Gasteiger partial charge in [0, 0.05) is 13.0 Å². The first-order chi connectivity index (χ1) is 7.61. The Hall–Kier alpha value is -1.36. The van der Waals surface area contributed by atoms with E-state index in [1.165, 1.54) is 0 Å². The molecule has 0 aliphatic heterocycles. The van der Waals surface area contributed by atoms with Crippen molar-refractivity contribution in [3.63, 3.8) is 0 Å². The highest BCUT2D eigenvalue weighted by Gasteiger charge is 2.16. The first-order valence-corrected chi connectivity index (χ1v) is 5.32. The molecule has 16 heavy (non-hydrogen) atoms. The molecule has 0 rings (SSSR count). The second-order valence-corrected chi connectivity index (χ2v) is 3.33. The lowest BCUT2D eigenvalue weighted by molar-refractivity contribution is -0.141. The number of hydrogen-bond acceptors (Lipinski definition) is 3. The number of ether oxygens (including phenoxy) is 1. The van der Waals surface area contributed by atoms with Crippen LogP contribution < -0.4 is 5.32 Å². The van der Waals surface area contributed by atoms with E-state index in [4.69, 9.17) is 9.84 Å². The minimum absolute atomic E-state index is 0.253. The second kappa shape index (κ2) is 8.91. The Morgan fingerprint density at radius 2 is 2.25 bits per heavy atom. The third kappa shape index (κ3) is 7.00. The quantitative estimate of drug-likeness (QED) is 0.456. The number of rotatable bonds is 9. The van der Waals surface area contributed by atoms with Gasteiger partial charge in [0.15, 0.2) is 0 Å². The maximum Gasteiger partial charge on any atom is 0.326 e. The summed E-state index contributed by atoms with van der Waals surface area (Å²) in [4.78, 5) is 21.9. The number of carbonyl (C=O) groups excluding carboxylic acids is 1. The van der Waals surface area contributed by atoms with Gasteiger partial charge in [-0.05, 0) is 12.8 Å². The second-order valence-electron chi connectivity index (χ2n) is 3.33. The van der Waals surface area contributed by atoms with Gasteiger partial charge in [-0.1, -0.05) is 13.0 Å². The largest absolute Gasteiger partial charge is 0.480 e. The van der Waals surface area contributed by atoms with Crippen molar-refractivity contribution in [2.45, 2.75) is 32.2 Å². The molecule has 1 unspecified atom stereocenters. The van der Waals surface area contributed by atoms with E-state index in [0.717, 1.165) is 0 Å². The molecule has 1 atom stereocenters. The van der Waals surface area contributed by atoms with Crippen molar-refractivity contribution in [1.82, 2.24) is 5.32 Å². The molecule has 0 aliphatic carbocycles. The van der Waals surface area contributed by atoms with Crippen LogP contribution in [0.1, 0.15) is 26.2 Å². The van der Waals surface area contributed by atoms with Crippen LogP contribution in [0.5, 0.6) is 0 Å². The first kappa shape index (κ1) is 14.6. The van der Waals surface area contributed by atoms with Gasteiger partial charge < -0.3 is 15.2 Å². The van der Waals surface area contributed by atoms with Gasteiger partial charge in [-0.25, -0.2) is 4.79 Å².